The molecule has 0 spiro atoms. The fourth-order valence-electron chi connectivity index (χ4n) is 1.90. The van der Waals surface area contributed by atoms with Gasteiger partial charge in [0, 0.05) is 25.3 Å². The van der Waals surface area contributed by atoms with Gasteiger partial charge < -0.3 is 21.1 Å². The van der Waals surface area contributed by atoms with E-state index in [9.17, 15) is 9.90 Å². The first-order valence-electron chi connectivity index (χ1n) is 5.72. The van der Waals surface area contributed by atoms with Crippen LogP contribution >= 0.6 is 0 Å². The summed E-state index contributed by atoms with van der Waals surface area (Å²) in [5, 5.41) is 12.2. The molecule has 0 aromatic heterocycles. The van der Waals surface area contributed by atoms with Gasteiger partial charge in [0.2, 0.25) is 0 Å². The molecular formula is C12H17N3O2. The third-order valence-corrected chi connectivity index (χ3v) is 2.86. The number of likely N-dealkylation sites (tertiary alicyclic amines) is 1. The number of hydrogen-bond acceptors (Lipinski definition) is 3. The summed E-state index contributed by atoms with van der Waals surface area (Å²) in [6.07, 6.45) is 0.257. The van der Waals surface area contributed by atoms with E-state index in [0.717, 1.165) is 11.3 Å². The molecule has 17 heavy (non-hydrogen) atoms. The second-order valence-electron chi connectivity index (χ2n) is 4.22. The average Bonchev–Trinajstić information content (AvgIpc) is 2.76. The van der Waals surface area contributed by atoms with E-state index in [1.807, 2.05) is 24.3 Å². The van der Waals surface area contributed by atoms with E-state index in [2.05, 4.69) is 5.32 Å². The van der Waals surface area contributed by atoms with Gasteiger partial charge in [-0.2, -0.15) is 0 Å². The van der Waals surface area contributed by atoms with E-state index in [4.69, 9.17) is 5.73 Å². The number of nitrogens with zero attached hydrogens (tertiary/aromatic N) is 1. The second-order valence-corrected chi connectivity index (χ2v) is 4.22. The number of aliphatic hydroxyl groups excluding tert-OH is 1. The lowest BCUT2D eigenvalue weighted by molar-refractivity contribution is 0.176. The van der Waals surface area contributed by atoms with Crippen LogP contribution in [0.4, 0.5) is 10.5 Å². The van der Waals surface area contributed by atoms with E-state index in [0.29, 0.717) is 26.1 Å². The Morgan fingerprint density at radius 1 is 1.59 bits per heavy atom. The minimum Gasteiger partial charge on any atom is -0.391 e. The normalized spacial score (nSPS) is 19.4. The van der Waals surface area contributed by atoms with Gasteiger partial charge in [0.05, 0.1) is 6.10 Å². The zero-order chi connectivity index (χ0) is 12.3. The van der Waals surface area contributed by atoms with Crippen LogP contribution in [0.1, 0.15) is 12.0 Å². The first kappa shape index (κ1) is 11.9. The minimum absolute atomic E-state index is 0.171. The first-order chi connectivity index (χ1) is 8.19. The van der Waals surface area contributed by atoms with E-state index < -0.39 is 6.10 Å². The Morgan fingerprint density at radius 3 is 3.06 bits per heavy atom. The van der Waals surface area contributed by atoms with Gasteiger partial charge in [-0.3, -0.25) is 0 Å². The molecular weight excluding hydrogens is 218 g/mol. The third kappa shape index (κ3) is 2.95. The highest BCUT2D eigenvalue weighted by atomic mass is 16.3. The van der Waals surface area contributed by atoms with Gasteiger partial charge in [-0.25, -0.2) is 4.79 Å². The largest absolute Gasteiger partial charge is 0.391 e. The van der Waals surface area contributed by atoms with Gasteiger partial charge in [-0.1, -0.05) is 12.1 Å². The van der Waals surface area contributed by atoms with Gasteiger partial charge in [0.15, 0.2) is 0 Å². The Bertz CT molecular complexity index is 408. The average molecular weight is 235 g/mol. The number of rotatable bonds is 2. The van der Waals surface area contributed by atoms with Crippen LogP contribution in [-0.4, -0.2) is 35.2 Å². The molecule has 1 aliphatic rings. The van der Waals surface area contributed by atoms with Gasteiger partial charge in [-0.15, -0.1) is 0 Å². The summed E-state index contributed by atoms with van der Waals surface area (Å²) in [5.41, 5.74) is 7.25. The van der Waals surface area contributed by atoms with Crippen molar-refractivity contribution < 1.29 is 9.90 Å². The van der Waals surface area contributed by atoms with Crippen molar-refractivity contribution in [3.8, 4) is 0 Å². The smallest absolute Gasteiger partial charge is 0.321 e. The summed E-state index contributed by atoms with van der Waals surface area (Å²) < 4.78 is 0. The van der Waals surface area contributed by atoms with Crippen LogP contribution < -0.4 is 11.1 Å². The monoisotopic (exact) mass is 235 g/mol. The third-order valence-electron chi connectivity index (χ3n) is 2.86. The quantitative estimate of drug-likeness (QED) is 0.707. The van der Waals surface area contributed by atoms with E-state index in [-0.39, 0.29) is 6.03 Å². The molecule has 1 fully saturated rings. The zero-order valence-electron chi connectivity index (χ0n) is 9.60. The van der Waals surface area contributed by atoms with Crippen LogP contribution in [0.15, 0.2) is 24.3 Å². The Kier molecular flexibility index (Phi) is 3.61. The molecule has 1 heterocycles. The van der Waals surface area contributed by atoms with Crippen molar-refractivity contribution in [3.05, 3.63) is 29.8 Å². The van der Waals surface area contributed by atoms with Crippen molar-refractivity contribution in [2.45, 2.75) is 19.1 Å². The van der Waals surface area contributed by atoms with Gasteiger partial charge in [0.25, 0.3) is 0 Å². The number of amides is 2. The van der Waals surface area contributed by atoms with Crippen molar-refractivity contribution in [3.63, 3.8) is 0 Å². The molecule has 0 radical (unpaired) electrons. The molecule has 5 heteroatoms. The number of nitrogens with two attached hydrogens (primary N) is 1. The van der Waals surface area contributed by atoms with E-state index in [1.54, 1.807) is 4.90 Å². The van der Waals surface area contributed by atoms with Crippen LogP contribution in [0.2, 0.25) is 0 Å². The van der Waals surface area contributed by atoms with Crippen LogP contribution in [0.25, 0.3) is 0 Å². The summed E-state index contributed by atoms with van der Waals surface area (Å²) >= 11 is 0. The summed E-state index contributed by atoms with van der Waals surface area (Å²) in [6, 6.07) is 7.27. The maximum Gasteiger partial charge on any atom is 0.321 e. The second kappa shape index (κ2) is 5.16. The number of anilines is 1. The van der Waals surface area contributed by atoms with Gasteiger partial charge >= 0.3 is 6.03 Å². The Hall–Kier alpha value is -1.59. The summed E-state index contributed by atoms with van der Waals surface area (Å²) in [4.78, 5) is 13.4. The Morgan fingerprint density at radius 2 is 2.41 bits per heavy atom. The van der Waals surface area contributed by atoms with Crippen LogP contribution in [0, 0.1) is 0 Å². The van der Waals surface area contributed by atoms with Crippen molar-refractivity contribution in [1.29, 1.82) is 0 Å². The van der Waals surface area contributed by atoms with Crippen molar-refractivity contribution >= 4 is 11.7 Å². The Balaban J connectivity index is 1.98. The molecule has 1 aromatic carbocycles. The number of nitrogens with one attached hydrogen (secondary N) is 1. The molecule has 2 amide bonds. The molecule has 1 aliphatic heterocycles. The van der Waals surface area contributed by atoms with Crippen LogP contribution in [0.3, 0.4) is 0 Å². The number of carbonyl (C=O) groups excluding carboxylic acids is 1. The predicted molar refractivity (Wildman–Crippen MR) is 65.5 cm³/mol. The molecule has 0 bridgehead atoms. The van der Waals surface area contributed by atoms with Gasteiger partial charge in [-0.05, 0) is 24.1 Å². The molecule has 5 nitrogen and oxygen atoms in total. The highest BCUT2D eigenvalue weighted by molar-refractivity contribution is 5.89. The lowest BCUT2D eigenvalue weighted by Crippen LogP contribution is -2.33. The fraction of sp³-hybridized carbons (Fsp3) is 0.417. The van der Waals surface area contributed by atoms with Crippen molar-refractivity contribution in [2.75, 3.05) is 18.4 Å². The standard InChI is InChI=1S/C12H17N3O2/c13-7-9-2-1-3-10(6-9)14-12(17)15-5-4-11(16)8-15/h1-3,6,11,16H,4-5,7-8,13H2,(H,14,17)/t11-/m0/s1. The molecule has 0 unspecified atom stereocenters. The molecule has 0 aliphatic carbocycles. The van der Waals surface area contributed by atoms with Crippen molar-refractivity contribution in [1.82, 2.24) is 4.90 Å². The maximum atomic E-state index is 11.8. The number of β-amino-alcohol motifs (C(OH)–C–C–N with tert-alkyl or cyclic N) is 1. The zero-order valence-corrected chi connectivity index (χ0v) is 9.60. The van der Waals surface area contributed by atoms with Gasteiger partial charge in [0.1, 0.15) is 0 Å². The number of hydrogen-bond donors (Lipinski definition) is 3. The van der Waals surface area contributed by atoms with E-state index in [1.165, 1.54) is 0 Å². The predicted octanol–water partition coefficient (Wildman–Crippen LogP) is 0.744. The lowest BCUT2D eigenvalue weighted by atomic mass is 10.2. The number of urea groups is 1. The number of carbonyl (C=O) groups is 1. The summed E-state index contributed by atoms with van der Waals surface area (Å²) in [5.74, 6) is 0. The molecule has 0 saturated carbocycles. The van der Waals surface area contributed by atoms with Crippen molar-refractivity contribution in [2.24, 2.45) is 5.73 Å². The van der Waals surface area contributed by atoms with Crippen LogP contribution in [0.5, 0.6) is 0 Å². The maximum absolute atomic E-state index is 11.8. The highest BCUT2D eigenvalue weighted by Gasteiger charge is 2.24. The molecule has 2 rings (SSSR count). The molecule has 1 aromatic rings. The number of aliphatic hydroxyl groups is 1. The molecule has 1 saturated heterocycles. The summed E-state index contributed by atoms with van der Waals surface area (Å²) in [6.45, 7) is 1.46. The topological polar surface area (TPSA) is 78.6 Å². The molecule has 92 valence electrons. The number of benzene rings is 1. The van der Waals surface area contributed by atoms with Crippen LogP contribution in [-0.2, 0) is 6.54 Å². The highest BCUT2D eigenvalue weighted by Crippen LogP contribution is 2.14. The SMILES string of the molecule is NCc1cccc(NC(=O)N2CC[C@H](O)C2)c1. The lowest BCUT2D eigenvalue weighted by Gasteiger charge is -2.16. The Labute approximate surface area is 100 Å². The van der Waals surface area contributed by atoms with E-state index >= 15 is 0 Å². The minimum atomic E-state index is -0.392. The summed E-state index contributed by atoms with van der Waals surface area (Å²) in [7, 11) is 0. The molecule has 4 N–H and O–H groups in total. The first-order valence-corrected chi connectivity index (χ1v) is 5.72. The fourth-order valence-corrected chi connectivity index (χ4v) is 1.90. The molecule has 1 atom stereocenters.